The van der Waals surface area contributed by atoms with Crippen molar-refractivity contribution in [3.8, 4) is 0 Å². The van der Waals surface area contributed by atoms with Gasteiger partial charge in [0.15, 0.2) is 5.96 Å². The molecular formula is C19H33IN4O2. The summed E-state index contributed by atoms with van der Waals surface area (Å²) >= 11 is 0. The largest absolute Gasteiger partial charge is 0.381 e. The summed E-state index contributed by atoms with van der Waals surface area (Å²) in [6.07, 6.45) is 4.94. The zero-order valence-corrected chi connectivity index (χ0v) is 18.3. The minimum absolute atomic E-state index is 0. The summed E-state index contributed by atoms with van der Waals surface area (Å²) in [4.78, 5) is 8.93. The standard InChI is InChI=1S/C19H32N4O2.HI/c1-3-20-19(22-10-7-17-6-5-16(2)23-13-17)21-9-4-11-24-14-18-8-12-25-15-18;/h5-6,13,18H,3-4,7-12,14-15H2,1-2H3,(H2,20,21,22);1H. The van der Waals surface area contributed by atoms with Gasteiger partial charge in [-0.05, 0) is 44.7 Å². The molecule has 1 fully saturated rings. The highest BCUT2D eigenvalue weighted by atomic mass is 127. The Morgan fingerprint density at radius 2 is 2.27 bits per heavy atom. The van der Waals surface area contributed by atoms with Gasteiger partial charge in [-0.3, -0.25) is 9.98 Å². The summed E-state index contributed by atoms with van der Waals surface area (Å²) in [5.74, 6) is 1.45. The average Bonchev–Trinajstić information content (AvgIpc) is 3.13. The molecule has 0 aliphatic carbocycles. The van der Waals surface area contributed by atoms with E-state index in [0.29, 0.717) is 5.92 Å². The van der Waals surface area contributed by atoms with E-state index in [4.69, 9.17) is 9.47 Å². The van der Waals surface area contributed by atoms with E-state index in [1.165, 1.54) is 5.56 Å². The third kappa shape index (κ3) is 9.68. The van der Waals surface area contributed by atoms with E-state index in [9.17, 15) is 0 Å². The molecule has 1 unspecified atom stereocenters. The fraction of sp³-hybridized carbons (Fsp3) is 0.684. The van der Waals surface area contributed by atoms with E-state index in [-0.39, 0.29) is 24.0 Å². The van der Waals surface area contributed by atoms with Gasteiger partial charge in [-0.15, -0.1) is 24.0 Å². The van der Waals surface area contributed by atoms with E-state index in [1.807, 2.05) is 19.2 Å². The first-order valence-corrected chi connectivity index (χ1v) is 9.37. The Bertz CT molecular complexity index is 505. The predicted octanol–water partition coefficient (Wildman–Crippen LogP) is 2.55. The maximum atomic E-state index is 5.71. The minimum atomic E-state index is 0. The lowest BCUT2D eigenvalue weighted by Gasteiger charge is -2.11. The molecule has 0 radical (unpaired) electrons. The average molecular weight is 476 g/mol. The predicted molar refractivity (Wildman–Crippen MR) is 116 cm³/mol. The Morgan fingerprint density at radius 1 is 1.38 bits per heavy atom. The number of aryl methyl sites for hydroxylation is 1. The molecule has 1 saturated heterocycles. The van der Waals surface area contributed by atoms with Crippen molar-refractivity contribution in [3.63, 3.8) is 0 Å². The number of aromatic nitrogens is 1. The highest BCUT2D eigenvalue weighted by Crippen LogP contribution is 2.12. The van der Waals surface area contributed by atoms with Gasteiger partial charge >= 0.3 is 0 Å². The summed E-state index contributed by atoms with van der Waals surface area (Å²) in [5.41, 5.74) is 2.28. The van der Waals surface area contributed by atoms with Crippen LogP contribution in [0.3, 0.4) is 0 Å². The highest BCUT2D eigenvalue weighted by Gasteiger charge is 2.15. The van der Waals surface area contributed by atoms with E-state index >= 15 is 0 Å². The molecule has 2 heterocycles. The van der Waals surface area contributed by atoms with Gasteiger partial charge in [0, 0.05) is 50.7 Å². The molecular weight excluding hydrogens is 443 g/mol. The topological polar surface area (TPSA) is 67.8 Å². The zero-order valence-electron chi connectivity index (χ0n) is 16.0. The van der Waals surface area contributed by atoms with Crippen molar-refractivity contribution in [2.75, 3.05) is 46.1 Å². The normalized spacial score (nSPS) is 17.0. The minimum Gasteiger partial charge on any atom is -0.381 e. The second kappa shape index (κ2) is 14.2. The van der Waals surface area contributed by atoms with Gasteiger partial charge in [-0.25, -0.2) is 0 Å². The first-order chi connectivity index (χ1) is 12.3. The third-order valence-corrected chi connectivity index (χ3v) is 4.12. The number of nitrogens with one attached hydrogen (secondary N) is 2. The molecule has 0 bridgehead atoms. The van der Waals surface area contributed by atoms with Gasteiger partial charge in [0.1, 0.15) is 0 Å². The second-order valence-electron chi connectivity index (χ2n) is 6.40. The number of hydrogen-bond acceptors (Lipinski definition) is 4. The molecule has 7 heteroatoms. The van der Waals surface area contributed by atoms with Crippen LogP contribution < -0.4 is 10.6 Å². The third-order valence-electron chi connectivity index (χ3n) is 4.12. The lowest BCUT2D eigenvalue weighted by molar-refractivity contribution is 0.0893. The Kier molecular flexibility index (Phi) is 12.6. The number of pyridine rings is 1. The van der Waals surface area contributed by atoms with Crippen LogP contribution in [0.1, 0.15) is 31.0 Å². The number of rotatable bonds is 10. The Labute approximate surface area is 174 Å². The first-order valence-electron chi connectivity index (χ1n) is 9.37. The second-order valence-corrected chi connectivity index (χ2v) is 6.40. The highest BCUT2D eigenvalue weighted by molar-refractivity contribution is 14.0. The summed E-state index contributed by atoms with van der Waals surface area (Å²) in [7, 11) is 0. The molecule has 6 nitrogen and oxygen atoms in total. The van der Waals surface area contributed by atoms with Crippen LogP contribution >= 0.6 is 24.0 Å². The molecule has 2 rings (SSSR count). The number of aliphatic imine (C=N–C) groups is 1. The number of nitrogens with zero attached hydrogens (tertiary/aromatic N) is 2. The van der Waals surface area contributed by atoms with Crippen molar-refractivity contribution >= 4 is 29.9 Å². The van der Waals surface area contributed by atoms with Crippen LogP contribution in [0.2, 0.25) is 0 Å². The Balaban J connectivity index is 0.00000338. The summed E-state index contributed by atoms with van der Waals surface area (Å²) in [5, 5.41) is 6.65. The summed E-state index contributed by atoms with van der Waals surface area (Å²) < 4.78 is 11.1. The number of halogens is 1. The number of ether oxygens (including phenoxy) is 2. The molecule has 148 valence electrons. The van der Waals surface area contributed by atoms with Crippen molar-refractivity contribution in [3.05, 3.63) is 29.6 Å². The van der Waals surface area contributed by atoms with E-state index in [1.54, 1.807) is 0 Å². The van der Waals surface area contributed by atoms with Gasteiger partial charge in [-0.2, -0.15) is 0 Å². The van der Waals surface area contributed by atoms with Crippen LogP contribution in [0.25, 0.3) is 0 Å². The van der Waals surface area contributed by atoms with Gasteiger partial charge in [0.2, 0.25) is 0 Å². The molecule has 1 atom stereocenters. The van der Waals surface area contributed by atoms with E-state index in [0.717, 1.165) is 77.0 Å². The first kappa shape index (κ1) is 23.1. The van der Waals surface area contributed by atoms with Gasteiger partial charge < -0.3 is 20.1 Å². The maximum absolute atomic E-state index is 5.71. The monoisotopic (exact) mass is 476 g/mol. The van der Waals surface area contributed by atoms with Crippen LogP contribution in [0, 0.1) is 12.8 Å². The molecule has 1 aromatic heterocycles. The molecule has 0 aromatic carbocycles. The molecule has 2 N–H and O–H groups in total. The van der Waals surface area contributed by atoms with Crippen molar-refractivity contribution in [1.29, 1.82) is 0 Å². The van der Waals surface area contributed by atoms with Crippen molar-refractivity contribution < 1.29 is 9.47 Å². The van der Waals surface area contributed by atoms with Crippen LogP contribution in [-0.2, 0) is 15.9 Å². The SMILES string of the molecule is CCNC(=NCCCOCC1CCOC1)NCCc1ccc(C)nc1.I. The van der Waals surface area contributed by atoms with Crippen LogP contribution in [0.5, 0.6) is 0 Å². The smallest absolute Gasteiger partial charge is 0.191 e. The van der Waals surface area contributed by atoms with Crippen LogP contribution in [-0.4, -0.2) is 57.0 Å². The van der Waals surface area contributed by atoms with Crippen molar-refractivity contribution in [2.24, 2.45) is 10.9 Å². The fourth-order valence-electron chi connectivity index (χ4n) is 2.64. The van der Waals surface area contributed by atoms with Gasteiger partial charge in [0.25, 0.3) is 0 Å². The van der Waals surface area contributed by atoms with E-state index < -0.39 is 0 Å². The van der Waals surface area contributed by atoms with Crippen molar-refractivity contribution in [2.45, 2.75) is 33.1 Å². The quantitative estimate of drug-likeness (QED) is 0.235. The molecule has 0 spiro atoms. The Hall–Kier alpha value is -0.930. The van der Waals surface area contributed by atoms with Gasteiger partial charge in [0.05, 0.1) is 13.2 Å². The molecule has 26 heavy (non-hydrogen) atoms. The molecule has 1 aromatic rings. The van der Waals surface area contributed by atoms with Crippen molar-refractivity contribution in [1.82, 2.24) is 15.6 Å². The maximum Gasteiger partial charge on any atom is 0.191 e. The molecule has 0 amide bonds. The lowest BCUT2D eigenvalue weighted by atomic mass is 10.1. The zero-order chi connectivity index (χ0) is 17.7. The van der Waals surface area contributed by atoms with E-state index in [2.05, 4.69) is 33.6 Å². The number of guanidine groups is 1. The van der Waals surface area contributed by atoms with Crippen LogP contribution in [0.4, 0.5) is 0 Å². The molecule has 0 saturated carbocycles. The Morgan fingerprint density at radius 3 is 2.96 bits per heavy atom. The summed E-state index contributed by atoms with van der Waals surface area (Å²) in [6.45, 7) is 9.85. The van der Waals surface area contributed by atoms with Crippen LogP contribution in [0.15, 0.2) is 23.3 Å². The molecule has 1 aliphatic rings. The fourth-order valence-corrected chi connectivity index (χ4v) is 2.64. The number of hydrogen-bond donors (Lipinski definition) is 2. The van der Waals surface area contributed by atoms with Gasteiger partial charge in [-0.1, -0.05) is 6.07 Å². The lowest BCUT2D eigenvalue weighted by Crippen LogP contribution is -2.38. The molecule has 1 aliphatic heterocycles. The summed E-state index contributed by atoms with van der Waals surface area (Å²) in [6, 6.07) is 4.17.